The van der Waals surface area contributed by atoms with Crippen LogP contribution < -0.4 is 10.1 Å². The van der Waals surface area contributed by atoms with Crippen LogP contribution in [0, 0.1) is 0 Å². The van der Waals surface area contributed by atoms with E-state index < -0.39 is 0 Å². The van der Waals surface area contributed by atoms with Gasteiger partial charge in [-0.15, -0.1) is 16.9 Å². The van der Waals surface area contributed by atoms with Gasteiger partial charge in [-0.25, -0.2) is 0 Å². The number of anilines is 1. The maximum absolute atomic E-state index is 12.0. The van der Waals surface area contributed by atoms with E-state index in [1.165, 1.54) is 11.8 Å². The van der Waals surface area contributed by atoms with E-state index in [9.17, 15) is 4.79 Å². The second-order valence-electron chi connectivity index (χ2n) is 4.94. The molecule has 1 aromatic heterocycles. The monoisotopic (exact) mass is 375 g/mol. The number of benzene rings is 2. The van der Waals surface area contributed by atoms with Gasteiger partial charge in [0.25, 0.3) is 0 Å². The summed E-state index contributed by atoms with van der Waals surface area (Å²) in [5, 5.41) is 10.9. The first-order valence-corrected chi connectivity index (χ1v) is 8.66. The lowest BCUT2D eigenvalue weighted by Gasteiger charge is -2.03. The van der Waals surface area contributed by atoms with E-state index >= 15 is 0 Å². The molecular formula is C17H14ClN3O3S. The average Bonchev–Trinajstić information content (AvgIpc) is 3.09. The summed E-state index contributed by atoms with van der Waals surface area (Å²) in [6.07, 6.45) is 0. The van der Waals surface area contributed by atoms with Crippen LogP contribution >= 0.6 is 23.4 Å². The van der Waals surface area contributed by atoms with Crippen molar-refractivity contribution < 1.29 is 13.9 Å². The van der Waals surface area contributed by atoms with Gasteiger partial charge in [0.15, 0.2) is 0 Å². The maximum atomic E-state index is 12.0. The second-order valence-corrected chi connectivity index (χ2v) is 6.42. The van der Waals surface area contributed by atoms with Crippen LogP contribution in [-0.2, 0) is 4.79 Å². The van der Waals surface area contributed by atoms with Gasteiger partial charge in [-0.05, 0) is 42.5 Å². The van der Waals surface area contributed by atoms with Crippen LogP contribution in [0.1, 0.15) is 0 Å². The second kappa shape index (κ2) is 8.04. The van der Waals surface area contributed by atoms with Gasteiger partial charge in [0.2, 0.25) is 11.8 Å². The summed E-state index contributed by atoms with van der Waals surface area (Å²) in [7, 11) is 1.61. The standard InChI is InChI=1S/C17H14ClN3O3S/c1-23-13-5-7-14(8-6-13)25-10-15(22)19-17-21-20-16(24-17)11-3-2-4-12(18)9-11/h2-9H,10H2,1H3,(H,19,21,22). The molecule has 0 aliphatic carbocycles. The number of ether oxygens (including phenoxy) is 1. The molecule has 8 heteroatoms. The normalized spacial score (nSPS) is 10.5. The summed E-state index contributed by atoms with van der Waals surface area (Å²) in [4.78, 5) is 13.0. The summed E-state index contributed by atoms with van der Waals surface area (Å²) < 4.78 is 10.5. The van der Waals surface area contributed by atoms with Crippen LogP contribution in [0.25, 0.3) is 11.5 Å². The summed E-state index contributed by atoms with van der Waals surface area (Å²) in [6.45, 7) is 0. The van der Waals surface area contributed by atoms with Crippen molar-refractivity contribution in [1.29, 1.82) is 0 Å². The van der Waals surface area contributed by atoms with E-state index in [4.69, 9.17) is 20.8 Å². The van der Waals surface area contributed by atoms with Gasteiger partial charge >= 0.3 is 6.01 Å². The van der Waals surface area contributed by atoms with Crippen molar-refractivity contribution in [2.45, 2.75) is 4.90 Å². The third kappa shape index (κ3) is 4.74. The van der Waals surface area contributed by atoms with Gasteiger partial charge < -0.3 is 9.15 Å². The van der Waals surface area contributed by atoms with Crippen LogP contribution in [0.3, 0.4) is 0 Å². The molecular weight excluding hydrogens is 362 g/mol. The average molecular weight is 376 g/mol. The highest BCUT2D eigenvalue weighted by molar-refractivity contribution is 8.00. The van der Waals surface area contributed by atoms with E-state index in [0.29, 0.717) is 16.5 Å². The molecule has 1 heterocycles. The molecule has 128 valence electrons. The first-order chi connectivity index (χ1) is 12.1. The van der Waals surface area contributed by atoms with Crippen LogP contribution in [0.4, 0.5) is 6.01 Å². The SMILES string of the molecule is COc1ccc(SCC(=O)Nc2nnc(-c3cccc(Cl)c3)o2)cc1. The van der Waals surface area contributed by atoms with Gasteiger partial charge in [-0.1, -0.05) is 22.8 Å². The molecule has 3 rings (SSSR count). The Kier molecular flexibility index (Phi) is 5.57. The van der Waals surface area contributed by atoms with Crippen LogP contribution in [0.15, 0.2) is 57.8 Å². The molecule has 0 saturated heterocycles. The Morgan fingerprint density at radius 3 is 2.76 bits per heavy atom. The molecule has 0 aliphatic rings. The first-order valence-electron chi connectivity index (χ1n) is 7.30. The minimum Gasteiger partial charge on any atom is -0.497 e. The summed E-state index contributed by atoms with van der Waals surface area (Å²) >= 11 is 7.33. The number of rotatable bonds is 6. The zero-order valence-electron chi connectivity index (χ0n) is 13.2. The zero-order valence-corrected chi connectivity index (χ0v) is 14.8. The molecule has 1 amide bonds. The van der Waals surface area contributed by atoms with Gasteiger partial charge in [-0.2, -0.15) is 0 Å². The van der Waals surface area contributed by atoms with Crippen molar-refractivity contribution in [3.63, 3.8) is 0 Å². The fourth-order valence-electron chi connectivity index (χ4n) is 1.99. The van der Waals surface area contributed by atoms with Crippen LogP contribution in [0.5, 0.6) is 5.75 Å². The van der Waals surface area contributed by atoms with Crippen LogP contribution in [-0.4, -0.2) is 29.0 Å². The van der Waals surface area contributed by atoms with Crippen molar-refractivity contribution in [2.24, 2.45) is 0 Å². The highest BCUT2D eigenvalue weighted by atomic mass is 35.5. The molecule has 1 N–H and O–H groups in total. The molecule has 2 aromatic carbocycles. The quantitative estimate of drug-likeness (QED) is 0.653. The number of nitrogens with one attached hydrogen (secondary N) is 1. The zero-order chi connectivity index (χ0) is 17.6. The number of amides is 1. The third-order valence-electron chi connectivity index (χ3n) is 3.17. The molecule has 0 saturated carbocycles. The van der Waals surface area contributed by atoms with E-state index in [-0.39, 0.29) is 17.7 Å². The molecule has 0 spiro atoms. The molecule has 0 radical (unpaired) electrons. The van der Waals surface area contributed by atoms with Crippen molar-refractivity contribution >= 4 is 35.3 Å². The lowest BCUT2D eigenvalue weighted by molar-refractivity contribution is -0.113. The van der Waals surface area contributed by atoms with Gasteiger partial charge in [0.05, 0.1) is 12.9 Å². The van der Waals surface area contributed by atoms with Gasteiger partial charge in [-0.3, -0.25) is 10.1 Å². The third-order valence-corrected chi connectivity index (χ3v) is 4.42. The molecule has 0 unspecified atom stereocenters. The Bertz CT molecular complexity index is 868. The fourth-order valence-corrected chi connectivity index (χ4v) is 2.88. The Morgan fingerprint density at radius 1 is 1.24 bits per heavy atom. The molecule has 0 atom stereocenters. The lowest BCUT2D eigenvalue weighted by atomic mass is 10.2. The predicted molar refractivity (Wildman–Crippen MR) is 97.1 cm³/mol. The molecule has 0 bridgehead atoms. The van der Waals surface area contributed by atoms with Crippen molar-refractivity contribution in [3.05, 3.63) is 53.6 Å². The first kappa shape index (κ1) is 17.3. The number of methoxy groups -OCH3 is 1. The molecule has 3 aromatic rings. The summed E-state index contributed by atoms with van der Waals surface area (Å²) in [5.74, 6) is 1.05. The number of hydrogen-bond donors (Lipinski definition) is 1. The van der Waals surface area contributed by atoms with Gasteiger partial charge in [0, 0.05) is 15.5 Å². The number of halogens is 1. The Labute approximate surface area is 153 Å². The molecule has 0 aliphatic heterocycles. The summed E-state index contributed by atoms with van der Waals surface area (Å²) in [5.41, 5.74) is 0.688. The lowest BCUT2D eigenvalue weighted by Crippen LogP contribution is -2.14. The van der Waals surface area contributed by atoms with Crippen molar-refractivity contribution in [1.82, 2.24) is 10.2 Å². The molecule has 6 nitrogen and oxygen atoms in total. The Morgan fingerprint density at radius 2 is 2.04 bits per heavy atom. The Balaban J connectivity index is 1.56. The van der Waals surface area contributed by atoms with Crippen molar-refractivity contribution in [2.75, 3.05) is 18.2 Å². The van der Waals surface area contributed by atoms with Gasteiger partial charge in [0.1, 0.15) is 5.75 Å². The number of nitrogens with zero attached hydrogens (tertiary/aromatic N) is 2. The van der Waals surface area contributed by atoms with Crippen molar-refractivity contribution in [3.8, 4) is 17.2 Å². The fraction of sp³-hybridized carbons (Fsp3) is 0.118. The smallest absolute Gasteiger partial charge is 0.322 e. The molecule has 0 fully saturated rings. The largest absolute Gasteiger partial charge is 0.497 e. The van der Waals surface area contributed by atoms with E-state index in [2.05, 4.69) is 15.5 Å². The van der Waals surface area contributed by atoms with E-state index in [1.807, 2.05) is 24.3 Å². The molecule has 25 heavy (non-hydrogen) atoms. The minimum absolute atomic E-state index is 0.0512. The number of carbonyl (C=O) groups is 1. The number of aromatic nitrogens is 2. The minimum atomic E-state index is -0.234. The number of thioether (sulfide) groups is 1. The highest BCUT2D eigenvalue weighted by Gasteiger charge is 2.12. The van der Waals surface area contributed by atoms with E-state index in [1.54, 1.807) is 31.4 Å². The van der Waals surface area contributed by atoms with E-state index in [0.717, 1.165) is 10.6 Å². The number of hydrogen-bond acceptors (Lipinski definition) is 6. The maximum Gasteiger partial charge on any atom is 0.322 e. The highest BCUT2D eigenvalue weighted by Crippen LogP contribution is 2.24. The predicted octanol–water partition coefficient (Wildman–Crippen LogP) is 4.13. The Hall–Kier alpha value is -2.51. The number of carbonyl (C=O) groups excluding carboxylic acids is 1. The topological polar surface area (TPSA) is 77.2 Å². The summed E-state index contributed by atoms with van der Waals surface area (Å²) in [6, 6.07) is 14.6. The van der Waals surface area contributed by atoms with Crippen LogP contribution in [0.2, 0.25) is 5.02 Å².